The van der Waals surface area contributed by atoms with Crippen molar-refractivity contribution in [2.75, 3.05) is 7.05 Å². The second-order valence-corrected chi connectivity index (χ2v) is 5.52. The van der Waals surface area contributed by atoms with E-state index < -0.39 is 0 Å². The fourth-order valence-corrected chi connectivity index (χ4v) is 2.20. The first kappa shape index (κ1) is 13.5. The molecule has 1 aromatic heterocycles. The predicted octanol–water partition coefficient (Wildman–Crippen LogP) is 3.20. The van der Waals surface area contributed by atoms with E-state index in [0.29, 0.717) is 5.56 Å². The number of benzene rings is 1. The molecular weight excluding hydrogens is 344 g/mol. The largest absolute Gasteiger partial charge is 0.313 e. The highest BCUT2D eigenvalue weighted by atomic mass is 127. The lowest BCUT2D eigenvalue weighted by molar-refractivity contribution is 0.597. The molecule has 0 spiro atoms. The topological polar surface area (TPSA) is 29.9 Å². The quantitative estimate of drug-likeness (QED) is 0.853. The normalized spacial score (nSPS) is 12.7. The van der Waals surface area contributed by atoms with Crippen LogP contribution < -0.4 is 5.32 Å². The molecule has 0 radical (unpaired) electrons. The van der Waals surface area contributed by atoms with Crippen LogP contribution in [0.15, 0.2) is 24.5 Å². The van der Waals surface area contributed by atoms with E-state index in [1.165, 1.54) is 0 Å². The van der Waals surface area contributed by atoms with Crippen LogP contribution in [0.3, 0.4) is 0 Å². The molecule has 1 aromatic carbocycles. The molecule has 96 valence electrons. The third kappa shape index (κ3) is 2.56. The molecule has 1 heterocycles. The van der Waals surface area contributed by atoms with E-state index in [4.69, 9.17) is 0 Å². The van der Waals surface area contributed by atoms with Gasteiger partial charge in [0.15, 0.2) is 0 Å². The summed E-state index contributed by atoms with van der Waals surface area (Å²) in [5.41, 5.74) is 2.45. The van der Waals surface area contributed by atoms with Gasteiger partial charge in [-0.2, -0.15) is 5.10 Å². The van der Waals surface area contributed by atoms with E-state index in [1.807, 2.05) is 26.2 Å². The Hall–Kier alpha value is -0.950. The number of rotatable bonds is 3. The van der Waals surface area contributed by atoms with E-state index in [1.54, 1.807) is 23.9 Å². The van der Waals surface area contributed by atoms with Gasteiger partial charge in [-0.1, -0.05) is 0 Å². The molecule has 0 amide bonds. The average molecular weight is 359 g/mol. The van der Waals surface area contributed by atoms with E-state index in [-0.39, 0.29) is 11.9 Å². The van der Waals surface area contributed by atoms with Gasteiger partial charge in [0.05, 0.1) is 15.5 Å². The van der Waals surface area contributed by atoms with Gasteiger partial charge in [0.1, 0.15) is 5.82 Å². The fraction of sp³-hybridized carbons (Fsp3) is 0.308. The van der Waals surface area contributed by atoms with Gasteiger partial charge >= 0.3 is 0 Å². The highest BCUT2D eigenvalue weighted by Crippen LogP contribution is 2.25. The summed E-state index contributed by atoms with van der Waals surface area (Å²) in [7, 11) is 1.86. The minimum Gasteiger partial charge on any atom is -0.313 e. The maximum absolute atomic E-state index is 13.7. The Morgan fingerprint density at radius 3 is 2.72 bits per heavy atom. The number of halogens is 2. The smallest absolute Gasteiger partial charge is 0.126 e. The molecule has 0 bridgehead atoms. The summed E-state index contributed by atoms with van der Waals surface area (Å²) in [6.45, 7) is 3.77. The molecule has 1 N–H and O–H groups in total. The molecule has 5 heteroatoms. The Labute approximate surface area is 120 Å². The lowest BCUT2D eigenvalue weighted by atomic mass is 10.0. The Bertz CT molecular complexity index is 565. The Balaban J connectivity index is 2.60. The van der Waals surface area contributed by atoms with Gasteiger partial charge in [0, 0.05) is 12.2 Å². The Morgan fingerprint density at radius 1 is 1.44 bits per heavy atom. The third-order valence-electron chi connectivity index (χ3n) is 3.01. The summed E-state index contributed by atoms with van der Waals surface area (Å²) in [6, 6.07) is 3.49. The van der Waals surface area contributed by atoms with Gasteiger partial charge in [0.2, 0.25) is 0 Å². The lowest BCUT2D eigenvalue weighted by Crippen LogP contribution is -2.16. The van der Waals surface area contributed by atoms with Crippen molar-refractivity contribution >= 4 is 22.6 Å². The van der Waals surface area contributed by atoms with Crippen LogP contribution >= 0.6 is 22.6 Å². The summed E-state index contributed by atoms with van der Waals surface area (Å²) < 4.78 is 16.6. The molecule has 0 saturated heterocycles. The lowest BCUT2D eigenvalue weighted by Gasteiger charge is -2.17. The van der Waals surface area contributed by atoms with E-state index >= 15 is 0 Å². The van der Waals surface area contributed by atoms with Gasteiger partial charge in [-0.3, -0.25) is 0 Å². The highest BCUT2D eigenvalue weighted by Gasteiger charge is 2.14. The highest BCUT2D eigenvalue weighted by molar-refractivity contribution is 14.1. The second-order valence-electron chi connectivity index (χ2n) is 4.27. The molecule has 3 nitrogen and oxygen atoms in total. The first-order valence-corrected chi connectivity index (χ1v) is 6.78. The molecule has 0 aliphatic carbocycles. The molecule has 0 aliphatic rings. The summed E-state index contributed by atoms with van der Waals surface area (Å²) >= 11 is 2.21. The minimum atomic E-state index is -0.183. The van der Waals surface area contributed by atoms with E-state index in [9.17, 15) is 4.39 Å². The minimum absolute atomic E-state index is 0.0666. The maximum Gasteiger partial charge on any atom is 0.126 e. The zero-order valence-electron chi connectivity index (χ0n) is 10.5. The zero-order chi connectivity index (χ0) is 13.3. The van der Waals surface area contributed by atoms with Crippen molar-refractivity contribution in [1.29, 1.82) is 0 Å². The third-order valence-corrected chi connectivity index (χ3v) is 3.56. The average Bonchev–Trinajstić information content (AvgIpc) is 2.77. The first-order valence-electron chi connectivity index (χ1n) is 5.70. The number of aromatic nitrogens is 2. The van der Waals surface area contributed by atoms with Crippen LogP contribution in [0.5, 0.6) is 0 Å². The van der Waals surface area contributed by atoms with Crippen LogP contribution in [0, 0.1) is 16.3 Å². The molecule has 0 saturated carbocycles. The van der Waals surface area contributed by atoms with Crippen molar-refractivity contribution < 1.29 is 4.39 Å². The molecule has 1 unspecified atom stereocenters. The molecule has 2 rings (SSSR count). The molecular formula is C13H15FIN3. The van der Waals surface area contributed by atoms with Gasteiger partial charge in [0.25, 0.3) is 0 Å². The van der Waals surface area contributed by atoms with Crippen molar-refractivity contribution in [3.8, 4) is 5.69 Å². The number of nitrogens with one attached hydrogen (secondary N) is 1. The van der Waals surface area contributed by atoms with Gasteiger partial charge in [-0.05, 0) is 66.7 Å². The fourth-order valence-electron chi connectivity index (χ4n) is 1.81. The Kier molecular flexibility index (Phi) is 4.01. The monoisotopic (exact) mass is 359 g/mol. The van der Waals surface area contributed by atoms with E-state index in [0.717, 1.165) is 14.8 Å². The van der Waals surface area contributed by atoms with Crippen LogP contribution in [-0.2, 0) is 0 Å². The van der Waals surface area contributed by atoms with Crippen molar-refractivity contribution in [2.24, 2.45) is 0 Å². The van der Waals surface area contributed by atoms with Crippen molar-refractivity contribution in [3.63, 3.8) is 0 Å². The Morgan fingerprint density at radius 2 is 2.17 bits per heavy atom. The van der Waals surface area contributed by atoms with Crippen molar-refractivity contribution in [3.05, 3.63) is 45.0 Å². The second kappa shape index (κ2) is 5.36. The first-order chi connectivity index (χ1) is 8.52. The van der Waals surface area contributed by atoms with Crippen molar-refractivity contribution in [1.82, 2.24) is 15.1 Å². The standard InChI is InChI=1S/C13H15FIN3/c1-8-4-13(18-7-10(15)6-17-18)11(5-12(8)14)9(2)16-3/h4-7,9,16H,1-3H3. The summed E-state index contributed by atoms with van der Waals surface area (Å²) in [5.74, 6) is -0.183. The van der Waals surface area contributed by atoms with Crippen molar-refractivity contribution in [2.45, 2.75) is 19.9 Å². The predicted molar refractivity (Wildman–Crippen MR) is 78.5 cm³/mol. The molecule has 2 aromatic rings. The van der Waals surface area contributed by atoms with Crippen LogP contribution in [0.1, 0.15) is 24.1 Å². The van der Waals surface area contributed by atoms with Crippen LogP contribution in [0.25, 0.3) is 5.69 Å². The number of aryl methyl sites for hydroxylation is 1. The van der Waals surface area contributed by atoms with Gasteiger partial charge < -0.3 is 5.32 Å². The zero-order valence-corrected chi connectivity index (χ0v) is 12.7. The van der Waals surface area contributed by atoms with Gasteiger partial charge in [-0.25, -0.2) is 9.07 Å². The molecule has 0 fully saturated rings. The van der Waals surface area contributed by atoms with Gasteiger partial charge in [-0.15, -0.1) is 0 Å². The molecule has 0 aliphatic heterocycles. The maximum atomic E-state index is 13.7. The SMILES string of the molecule is CNC(C)c1cc(F)c(C)cc1-n1cc(I)cn1. The van der Waals surface area contributed by atoms with Crippen LogP contribution in [0.4, 0.5) is 4.39 Å². The summed E-state index contributed by atoms with van der Waals surface area (Å²) in [4.78, 5) is 0. The summed E-state index contributed by atoms with van der Waals surface area (Å²) in [6.07, 6.45) is 3.71. The summed E-state index contributed by atoms with van der Waals surface area (Å²) in [5, 5.41) is 7.43. The number of nitrogens with zero attached hydrogens (tertiary/aromatic N) is 2. The molecule has 18 heavy (non-hydrogen) atoms. The molecule has 1 atom stereocenters. The van der Waals surface area contributed by atoms with Crippen LogP contribution in [-0.4, -0.2) is 16.8 Å². The van der Waals surface area contributed by atoms with Crippen LogP contribution in [0.2, 0.25) is 0 Å². The number of hydrogen-bond acceptors (Lipinski definition) is 2. The number of hydrogen-bond donors (Lipinski definition) is 1. The van der Waals surface area contributed by atoms with E-state index in [2.05, 4.69) is 33.0 Å².